The van der Waals surface area contributed by atoms with Gasteiger partial charge in [-0.25, -0.2) is 4.84 Å². The molecular formula is C8H8ClNO. The molecule has 1 N–H and O–H groups in total. The number of carbonyl (C=O) groups excluding carboxylic acids is 1. The summed E-state index contributed by atoms with van der Waals surface area (Å²) in [6.45, 7) is 0. The van der Waals surface area contributed by atoms with Crippen molar-refractivity contribution < 1.29 is 4.79 Å². The van der Waals surface area contributed by atoms with Crippen LogP contribution >= 0.6 is 11.8 Å². The largest absolute Gasteiger partial charge is 0.301 e. The van der Waals surface area contributed by atoms with Gasteiger partial charge >= 0.3 is 0 Å². The summed E-state index contributed by atoms with van der Waals surface area (Å²) in [6, 6.07) is 8.89. The molecule has 0 heterocycles. The second-order valence-corrected chi connectivity index (χ2v) is 2.35. The van der Waals surface area contributed by atoms with Crippen molar-refractivity contribution >= 4 is 18.1 Å². The van der Waals surface area contributed by atoms with Crippen LogP contribution in [0.5, 0.6) is 0 Å². The van der Waals surface area contributed by atoms with Crippen LogP contribution in [0.3, 0.4) is 0 Å². The average molecular weight is 170 g/mol. The number of nitrogens with one attached hydrogen (secondary N) is 1. The smallest absolute Gasteiger partial charge is 0.142 e. The van der Waals surface area contributed by atoms with E-state index in [4.69, 9.17) is 11.8 Å². The summed E-state index contributed by atoms with van der Waals surface area (Å²) in [5.41, 5.74) is 0.873. The lowest BCUT2D eigenvalue weighted by Gasteiger charge is -2.05. The van der Waals surface area contributed by atoms with E-state index in [0.29, 0.717) is 0 Å². The molecule has 11 heavy (non-hydrogen) atoms. The van der Waals surface area contributed by atoms with Crippen molar-refractivity contribution in [1.29, 1.82) is 0 Å². The molecule has 0 spiro atoms. The maximum Gasteiger partial charge on any atom is 0.142 e. The van der Waals surface area contributed by atoms with Gasteiger partial charge in [-0.15, -0.1) is 0 Å². The summed E-state index contributed by atoms with van der Waals surface area (Å²) in [5.74, 6) is 0. The van der Waals surface area contributed by atoms with Crippen molar-refractivity contribution in [3.05, 3.63) is 35.9 Å². The molecule has 0 bridgehead atoms. The zero-order valence-electron chi connectivity index (χ0n) is 5.83. The van der Waals surface area contributed by atoms with Gasteiger partial charge in [0.25, 0.3) is 0 Å². The fraction of sp³-hybridized carbons (Fsp3) is 0.125. The molecule has 0 saturated heterocycles. The first-order valence-electron chi connectivity index (χ1n) is 3.25. The summed E-state index contributed by atoms with van der Waals surface area (Å²) >= 11 is 5.32. The van der Waals surface area contributed by atoms with Crippen molar-refractivity contribution in [1.82, 2.24) is 4.84 Å². The van der Waals surface area contributed by atoms with E-state index in [0.717, 1.165) is 11.8 Å². The molecule has 1 aromatic rings. The van der Waals surface area contributed by atoms with Gasteiger partial charge in [-0.1, -0.05) is 30.3 Å². The maximum atomic E-state index is 10.4. The third-order valence-corrected chi connectivity index (χ3v) is 1.65. The molecule has 0 fully saturated rings. The van der Waals surface area contributed by atoms with E-state index < -0.39 is 6.04 Å². The molecule has 0 aliphatic heterocycles. The first-order valence-corrected chi connectivity index (χ1v) is 3.62. The topological polar surface area (TPSA) is 29.1 Å². The third kappa shape index (κ3) is 2.03. The van der Waals surface area contributed by atoms with Crippen LogP contribution in [0.4, 0.5) is 0 Å². The van der Waals surface area contributed by atoms with Crippen LogP contribution in [-0.4, -0.2) is 6.29 Å². The lowest BCUT2D eigenvalue weighted by Crippen LogP contribution is -2.11. The van der Waals surface area contributed by atoms with E-state index in [1.165, 1.54) is 0 Å². The van der Waals surface area contributed by atoms with Crippen molar-refractivity contribution in [3.63, 3.8) is 0 Å². The van der Waals surface area contributed by atoms with Crippen molar-refractivity contribution in [3.8, 4) is 0 Å². The molecule has 3 heteroatoms. The quantitative estimate of drug-likeness (QED) is 0.551. The Morgan fingerprint density at radius 1 is 1.36 bits per heavy atom. The molecule has 2 nitrogen and oxygen atoms in total. The van der Waals surface area contributed by atoms with E-state index in [2.05, 4.69) is 4.84 Å². The van der Waals surface area contributed by atoms with Crippen molar-refractivity contribution in [2.75, 3.05) is 0 Å². The molecule has 58 valence electrons. The van der Waals surface area contributed by atoms with Crippen LogP contribution in [0, 0.1) is 0 Å². The molecule has 0 radical (unpaired) electrons. The molecule has 0 saturated carbocycles. The fourth-order valence-corrected chi connectivity index (χ4v) is 1.01. The summed E-state index contributed by atoms with van der Waals surface area (Å²) in [4.78, 5) is 12.8. The molecule has 0 amide bonds. The molecule has 1 rings (SSSR count). The number of rotatable bonds is 3. The molecule has 1 atom stereocenters. The highest BCUT2D eigenvalue weighted by molar-refractivity contribution is 6.14. The Kier molecular flexibility index (Phi) is 3.08. The Bertz CT molecular complexity index is 225. The normalized spacial score (nSPS) is 12.5. The van der Waals surface area contributed by atoms with Crippen LogP contribution in [-0.2, 0) is 4.79 Å². The Morgan fingerprint density at radius 2 is 2.00 bits per heavy atom. The Labute approximate surface area is 70.3 Å². The zero-order valence-corrected chi connectivity index (χ0v) is 6.58. The van der Waals surface area contributed by atoms with Gasteiger partial charge in [-0.3, -0.25) is 0 Å². The summed E-state index contributed by atoms with van der Waals surface area (Å²) < 4.78 is 0. The second kappa shape index (κ2) is 4.11. The van der Waals surface area contributed by atoms with E-state index in [1.54, 1.807) is 0 Å². The molecular weight excluding hydrogens is 162 g/mol. The van der Waals surface area contributed by atoms with Crippen LogP contribution in [0.25, 0.3) is 0 Å². The number of benzene rings is 1. The van der Waals surface area contributed by atoms with E-state index in [9.17, 15) is 4.79 Å². The summed E-state index contributed by atoms with van der Waals surface area (Å²) in [7, 11) is 0. The monoisotopic (exact) mass is 169 g/mol. The highest BCUT2D eigenvalue weighted by atomic mass is 35.5. The predicted molar refractivity (Wildman–Crippen MR) is 44.2 cm³/mol. The van der Waals surface area contributed by atoms with Crippen molar-refractivity contribution in [2.24, 2.45) is 0 Å². The van der Waals surface area contributed by atoms with Crippen LogP contribution in [0.2, 0.25) is 0 Å². The van der Waals surface area contributed by atoms with E-state index in [1.807, 2.05) is 30.3 Å². The lowest BCUT2D eigenvalue weighted by atomic mass is 10.1. The van der Waals surface area contributed by atoms with Crippen LogP contribution < -0.4 is 4.84 Å². The Morgan fingerprint density at radius 3 is 2.45 bits per heavy atom. The predicted octanol–water partition coefficient (Wildman–Crippen LogP) is 1.67. The molecule has 0 aliphatic rings. The SMILES string of the molecule is O=C[C@@H](NCl)c1ccccc1. The maximum absolute atomic E-state index is 10.4. The zero-order chi connectivity index (χ0) is 8.10. The van der Waals surface area contributed by atoms with Gasteiger partial charge in [0.05, 0.1) is 0 Å². The van der Waals surface area contributed by atoms with Crippen LogP contribution in [0.1, 0.15) is 11.6 Å². The Balaban J connectivity index is 2.82. The minimum atomic E-state index is -0.405. The summed E-state index contributed by atoms with van der Waals surface area (Å²) in [6.07, 6.45) is 0.766. The number of halogens is 1. The molecule has 0 unspecified atom stereocenters. The van der Waals surface area contributed by atoms with Crippen LogP contribution in [0.15, 0.2) is 30.3 Å². The minimum absolute atomic E-state index is 0.405. The number of aldehydes is 1. The molecule has 0 aromatic heterocycles. The standard InChI is InChI=1S/C8H8ClNO/c9-10-8(6-11)7-4-2-1-3-5-7/h1-6,8,10H/t8-/m1/s1. The first-order chi connectivity index (χ1) is 5.38. The van der Waals surface area contributed by atoms with E-state index >= 15 is 0 Å². The fourth-order valence-electron chi connectivity index (χ4n) is 0.828. The number of carbonyl (C=O) groups is 1. The highest BCUT2D eigenvalue weighted by Crippen LogP contribution is 2.09. The van der Waals surface area contributed by atoms with Gasteiger partial charge in [0.2, 0.25) is 0 Å². The lowest BCUT2D eigenvalue weighted by molar-refractivity contribution is -0.109. The average Bonchev–Trinajstić information content (AvgIpc) is 2.09. The Hall–Kier alpha value is -0.860. The van der Waals surface area contributed by atoms with Gasteiger partial charge in [0.1, 0.15) is 12.3 Å². The van der Waals surface area contributed by atoms with Crippen molar-refractivity contribution in [2.45, 2.75) is 6.04 Å². The third-order valence-electron chi connectivity index (χ3n) is 1.41. The van der Waals surface area contributed by atoms with Gasteiger partial charge in [-0.05, 0) is 17.3 Å². The number of hydrogen-bond donors (Lipinski definition) is 1. The highest BCUT2D eigenvalue weighted by Gasteiger charge is 2.05. The summed E-state index contributed by atoms with van der Waals surface area (Å²) in [5, 5.41) is 0. The first kappa shape index (κ1) is 8.24. The second-order valence-electron chi connectivity index (χ2n) is 2.13. The minimum Gasteiger partial charge on any atom is -0.301 e. The van der Waals surface area contributed by atoms with Gasteiger partial charge in [0.15, 0.2) is 0 Å². The van der Waals surface area contributed by atoms with Gasteiger partial charge in [-0.2, -0.15) is 0 Å². The molecule has 0 aliphatic carbocycles. The molecule has 1 aromatic carbocycles. The van der Waals surface area contributed by atoms with Gasteiger partial charge in [0, 0.05) is 0 Å². The van der Waals surface area contributed by atoms with E-state index in [-0.39, 0.29) is 0 Å². The number of hydrogen-bond acceptors (Lipinski definition) is 2. The van der Waals surface area contributed by atoms with Gasteiger partial charge < -0.3 is 4.79 Å².